The summed E-state index contributed by atoms with van der Waals surface area (Å²) in [4.78, 5) is 48.6. The third kappa shape index (κ3) is 3.77. The second-order valence-corrected chi connectivity index (χ2v) is 12.1. The first-order chi connectivity index (χ1) is 16.9. The van der Waals surface area contributed by atoms with Crippen LogP contribution >= 0.6 is 0 Å². The van der Waals surface area contributed by atoms with Crippen LogP contribution in [-0.2, 0) is 38.1 Å². The highest BCUT2D eigenvalue weighted by atomic mass is 16.6. The summed E-state index contributed by atoms with van der Waals surface area (Å²) in [6, 6.07) is 0. The van der Waals surface area contributed by atoms with Crippen LogP contribution in [0.5, 0.6) is 0 Å². The summed E-state index contributed by atoms with van der Waals surface area (Å²) in [7, 11) is 0. The maximum absolute atomic E-state index is 12.4. The molecule has 0 aromatic heterocycles. The second-order valence-electron chi connectivity index (χ2n) is 12.1. The van der Waals surface area contributed by atoms with E-state index in [1.807, 2.05) is 0 Å². The van der Waals surface area contributed by atoms with E-state index in [0.717, 1.165) is 31.3 Å². The van der Waals surface area contributed by atoms with Gasteiger partial charge in [-0.15, -0.1) is 0 Å². The maximum atomic E-state index is 12.4. The van der Waals surface area contributed by atoms with Gasteiger partial charge in [0.15, 0.2) is 0 Å². The molecule has 5 aliphatic rings. The Morgan fingerprint density at radius 2 is 1.64 bits per heavy atom. The van der Waals surface area contributed by atoms with Gasteiger partial charge in [-0.25, -0.2) is 0 Å². The predicted octanol–water partition coefficient (Wildman–Crippen LogP) is 4.04. The van der Waals surface area contributed by atoms with Crippen LogP contribution in [0.2, 0.25) is 0 Å². The fraction of sp³-hybridized carbons (Fsp3) is 0.786. The highest BCUT2D eigenvalue weighted by molar-refractivity contribution is 5.72. The molecule has 0 radical (unpaired) electrons. The SMILES string of the molecule is CC(=O)OC1CCC2(C)C(=CC(OC(C)=O)C3C2[C@H](OC(C)=O)CC2(C)C3CC[C@@]23CCC(=O)O3)C1. The summed E-state index contributed by atoms with van der Waals surface area (Å²) >= 11 is 0. The molecule has 5 rings (SSSR count). The number of rotatable bonds is 3. The summed E-state index contributed by atoms with van der Waals surface area (Å²) in [6.07, 6.45) is 6.38. The van der Waals surface area contributed by atoms with E-state index in [1.54, 1.807) is 0 Å². The van der Waals surface area contributed by atoms with Crippen molar-refractivity contribution in [3.8, 4) is 0 Å². The molecule has 4 aliphatic carbocycles. The normalized spacial score (nSPS) is 45.0. The molecular formula is C28H38O8. The molecule has 0 aromatic rings. The molecule has 36 heavy (non-hydrogen) atoms. The van der Waals surface area contributed by atoms with Gasteiger partial charge in [-0.3, -0.25) is 19.2 Å². The first-order valence-corrected chi connectivity index (χ1v) is 13.3. The van der Waals surface area contributed by atoms with Gasteiger partial charge in [0.1, 0.15) is 23.9 Å². The third-order valence-electron chi connectivity index (χ3n) is 10.3. The van der Waals surface area contributed by atoms with Crippen molar-refractivity contribution in [3.05, 3.63) is 11.6 Å². The Morgan fingerprint density at radius 3 is 2.25 bits per heavy atom. The predicted molar refractivity (Wildman–Crippen MR) is 127 cm³/mol. The molecule has 9 atom stereocenters. The Hall–Kier alpha value is -2.38. The van der Waals surface area contributed by atoms with Crippen LogP contribution in [0.3, 0.4) is 0 Å². The van der Waals surface area contributed by atoms with Crippen LogP contribution in [-0.4, -0.2) is 47.8 Å². The summed E-state index contributed by atoms with van der Waals surface area (Å²) in [5.41, 5.74) is -0.151. The molecule has 3 saturated carbocycles. The van der Waals surface area contributed by atoms with E-state index >= 15 is 0 Å². The molecular weight excluding hydrogens is 464 g/mol. The van der Waals surface area contributed by atoms with Gasteiger partial charge in [0, 0.05) is 50.9 Å². The number of hydrogen-bond donors (Lipinski definition) is 0. The Balaban J connectivity index is 1.61. The Kier molecular flexibility index (Phi) is 6.03. The van der Waals surface area contributed by atoms with Crippen molar-refractivity contribution >= 4 is 23.9 Å². The molecule has 1 aliphatic heterocycles. The van der Waals surface area contributed by atoms with E-state index in [-0.39, 0.29) is 53.1 Å². The van der Waals surface area contributed by atoms with Gasteiger partial charge in [0.25, 0.3) is 0 Å². The van der Waals surface area contributed by atoms with Crippen LogP contribution in [0.4, 0.5) is 0 Å². The van der Waals surface area contributed by atoms with Gasteiger partial charge in [-0.1, -0.05) is 19.4 Å². The van der Waals surface area contributed by atoms with Crippen molar-refractivity contribution in [3.63, 3.8) is 0 Å². The minimum atomic E-state index is -0.573. The highest BCUT2D eigenvalue weighted by Crippen LogP contribution is 2.70. The number of carbonyl (C=O) groups excluding carboxylic acids is 4. The molecule has 1 spiro atoms. The zero-order valence-electron chi connectivity index (χ0n) is 22.0. The lowest BCUT2D eigenvalue weighted by molar-refractivity contribution is -0.209. The highest BCUT2D eigenvalue weighted by Gasteiger charge is 2.71. The van der Waals surface area contributed by atoms with Gasteiger partial charge in [-0.05, 0) is 55.9 Å². The average Bonchev–Trinajstić information content (AvgIpc) is 3.27. The number of carbonyl (C=O) groups is 4. The summed E-state index contributed by atoms with van der Waals surface area (Å²) in [5, 5.41) is 0. The number of fused-ring (bicyclic) bond motifs is 6. The van der Waals surface area contributed by atoms with Crippen molar-refractivity contribution in [2.45, 2.75) is 110 Å². The minimum Gasteiger partial charge on any atom is -0.462 e. The van der Waals surface area contributed by atoms with Crippen LogP contribution in [0.25, 0.3) is 0 Å². The maximum Gasteiger partial charge on any atom is 0.306 e. The monoisotopic (exact) mass is 502 g/mol. The fourth-order valence-electron chi connectivity index (χ4n) is 8.92. The van der Waals surface area contributed by atoms with Gasteiger partial charge in [0.05, 0.1) is 0 Å². The molecule has 1 saturated heterocycles. The molecule has 0 bridgehead atoms. The van der Waals surface area contributed by atoms with E-state index in [2.05, 4.69) is 19.9 Å². The topological polar surface area (TPSA) is 105 Å². The first kappa shape index (κ1) is 25.3. The van der Waals surface area contributed by atoms with Crippen molar-refractivity contribution in [2.24, 2.45) is 28.6 Å². The fourth-order valence-corrected chi connectivity index (χ4v) is 8.92. The van der Waals surface area contributed by atoms with E-state index in [1.165, 1.54) is 20.8 Å². The van der Waals surface area contributed by atoms with Gasteiger partial charge >= 0.3 is 23.9 Å². The summed E-state index contributed by atoms with van der Waals surface area (Å²) in [6.45, 7) is 8.69. The van der Waals surface area contributed by atoms with E-state index in [0.29, 0.717) is 25.7 Å². The van der Waals surface area contributed by atoms with Gasteiger partial charge in [-0.2, -0.15) is 0 Å². The largest absolute Gasteiger partial charge is 0.462 e. The number of ether oxygens (including phenoxy) is 4. The number of esters is 4. The molecule has 0 N–H and O–H groups in total. The second kappa shape index (κ2) is 8.59. The molecule has 4 fully saturated rings. The van der Waals surface area contributed by atoms with E-state index in [4.69, 9.17) is 18.9 Å². The van der Waals surface area contributed by atoms with E-state index in [9.17, 15) is 19.2 Å². The van der Waals surface area contributed by atoms with Crippen LogP contribution in [0, 0.1) is 28.6 Å². The zero-order chi connectivity index (χ0) is 26.0. The molecule has 8 nitrogen and oxygen atoms in total. The first-order valence-electron chi connectivity index (χ1n) is 13.3. The van der Waals surface area contributed by atoms with E-state index < -0.39 is 23.2 Å². The minimum absolute atomic E-state index is 0.0608. The lowest BCUT2D eigenvalue weighted by Gasteiger charge is -2.62. The van der Waals surface area contributed by atoms with Crippen LogP contribution in [0.1, 0.15) is 86.0 Å². The van der Waals surface area contributed by atoms with Crippen molar-refractivity contribution in [1.82, 2.24) is 0 Å². The molecule has 0 amide bonds. The molecule has 0 aromatic carbocycles. The Labute approximate surface area is 212 Å². The van der Waals surface area contributed by atoms with Gasteiger partial charge in [0.2, 0.25) is 0 Å². The van der Waals surface area contributed by atoms with Gasteiger partial charge < -0.3 is 18.9 Å². The molecule has 1 heterocycles. The van der Waals surface area contributed by atoms with Crippen molar-refractivity contribution < 1.29 is 38.1 Å². The van der Waals surface area contributed by atoms with Crippen molar-refractivity contribution in [2.75, 3.05) is 0 Å². The third-order valence-corrected chi connectivity index (χ3v) is 10.3. The van der Waals surface area contributed by atoms with Crippen LogP contribution < -0.4 is 0 Å². The molecule has 8 heteroatoms. The lowest BCUT2D eigenvalue weighted by Crippen LogP contribution is -2.63. The quantitative estimate of drug-likeness (QED) is 0.323. The smallest absolute Gasteiger partial charge is 0.306 e. The summed E-state index contributed by atoms with van der Waals surface area (Å²) in [5.74, 6) is -1.16. The Morgan fingerprint density at radius 1 is 0.944 bits per heavy atom. The van der Waals surface area contributed by atoms with Crippen LogP contribution in [0.15, 0.2) is 11.6 Å². The van der Waals surface area contributed by atoms with Crippen molar-refractivity contribution in [1.29, 1.82) is 0 Å². The standard InChI is InChI=1S/C28H38O8/c1-15(29)33-19-6-9-26(4)18(12-19)13-21(34-16(2)30)24-20-7-10-28(11-8-23(32)36-28)27(20,5)14-22(25(24)26)35-17(3)31/h13,19-22,24-25H,6-12,14H2,1-5H3/t19?,20?,21?,22-,24?,25?,26?,27?,28-/m1/s1. The zero-order valence-corrected chi connectivity index (χ0v) is 22.0. The molecule has 198 valence electrons. The Bertz CT molecular complexity index is 1020. The average molecular weight is 503 g/mol. The molecule has 7 unspecified atom stereocenters. The summed E-state index contributed by atoms with van der Waals surface area (Å²) < 4.78 is 23.7. The lowest BCUT2D eigenvalue weighted by atomic mass is 9.45. The number of hydrogen-bond acceptors (Lipinski definition) is 8.